The van der Waals surface area contributed by atoms with Gasteiger partial charge in [0.15, 0.2) is 5.78 Å². The first-order chi connectivity index (χ1) is 18.9. The van der Waals surface area contributed by atoms with E-state index < -0.39 is 17.5 Å². The van der Waals surface area contributed by atoms with Gasteiger partial charge >= 0.3 is 6.18 Å². The van der Waals surface area contributed by atoms with Gasteiger partial charge in [-0.3, -0.25) is 9.48 Å². The number of Topliss-reactive ketones (excluding diaryl/α,β-unsaturated/α-hetero) is 1. The number of likely N-dealkylation sites (N-methyl/N-ethyl adjacent to an activating group) is 1. The zero-order valence-corrected chi connectivity index (χ0v) is 23.4. The molecule has 2 aromatic carbocycles. The van der Waals surface area contributed by atoms with Crippen LogP contribution >= 0.6 is 11.6 Å². The van der Waals surface area contributed by atoms with Gasteiger partial charge in [-0.05, 0) is 50.2 Å². The minimum absolute atomic E-state index is 0.0251. The normalized spacial score (nSPS) is 14.7. The first-order valence-electron chi connectivity index (χ1n) is 12.8. The molecule has 0 bridgehead atoms. The topological polar surface area (TPSA) is 72.1 Å². The van der Waals surface area contributed by atoms with Gasteiger partial charge in [0.1, 0.15) is 5.69 Å². The van der Waals surface area contributed by atoms with Crippen molar-refractivity contribution in [1.29, 1.82) is 0 Å². The Balaban J connectivity index is 1.44. The zero-order chi connectivity index (χ0) is 28.8. The van der Waals surface area contributed by atoms with Crippen molar-refractivity contribution in [1.82, 2.24) is 29.7 Å². The monoisotopic (exact) mass is 571 g/mol. The summed E-state index contributed by atoms with van der Waals surface area (Å²) in [5, 5.41) is 12.4. The number of anilines is 1. The van der Waals surface area contributed by atoms with Gasteiger partial charge in [-0.25, -0.2) is 4.68 Å². The lowest BCUT2D eigenvalue weighted by Crippen LogP contribution is -2.44. The van der Waals surface area contributed by atoms with E-state index in [2.05, 4.69) is 20.3 Å². The second-order valence-electron chi connectivity index (χ2n) is 10.2. The van der Waals surface area contributed by atoms with E-state index in [9.17, 15) is 18.0 Å². The number of carbonyl (C=O) groups excluding carboxylic acids is 1. The van der Waals surface area contributed by atoms with Crippen LogP contribution in [0.5, 0.6) is 0 Å². The lowest BCUT2D eigenvalue weighted by Gasteiger charge is -2.35. The third-order valence-corrected chi connectivity index (χ3v) is 7.81. The molecule has 2 aromatic heterocycles. The maximum Gasteiger partial charge on any atom is 0.417 e. The fraction of sp³-hybridized carbons (Fsp3) is 0.357. The molecule has 0 amide bonds. The molecule has 1 aliphatic heterocycles. The first kappa shape index (κ1) is 27.9. The smallest absolute Gasteiger partial charge is 0.368 e. The Bertz CT molecular complexity index is 1570. The van der Waals surface area contributed by atoms with E-state index in [1.54, 1.807) is 27.8 Å². The van der Waals surface area contributed by atoms with Gasteiger partial charge in [0, 0.05) is 56.5 Å². The van der Waals surface area contributed by atoms with Crippen LogP contribution in [0.3, 0.4) is 0 Å². The number of nitrogens with zero attached hydrogens (tertiary/aromatic N) is 7. The largest absolute Gasteiger partial charge is 0.417 e. The van der Waals surface area contributed by atoms with Crippen molar-refractivity contribution in [2.45, 2.75) is 26.4 Å². The standard InChI is InChI=1S/C28H29ClF3N7O/c1-17-5-6-19(11-24(17)39-16-23(34-35-39)21-15-33-37(4)18(21)2)12-26(40)20-13-22(28(30,31)32)27(29)25(14-20)38-9-7-36(3)8-10-38/h5-6,11,13-16H,7-10,12H2,1-4H3. The molecule has 4 aromatic rings. The Morgan fingerprint density at radius 1 is 1.02 bits per heavy atom. The number of aromatic nitrogens is 5. The summed E-state index contributed by atoms with van der Waals surface area (Å²) < 4.78 is 45.1. The number of ketones is 1. The third-order valence-electron chi connectivity index (χ3n) is 7.41. The van der Waals surface area contributed by atoms with E-state index in [1.807, 2.05) is 45.0 Å². The van der Waals surface area contributed by atoms with E-state index in [4.69, 9.17) is 11.6 Å². The fourth-order valence-electron chi connectivity index (χ4n) is 4.81. The van der Waals surface area contributed by atoms with Crippen LogP contribution in [0.4, 0.5) is 18.9 Å². The van der Waals surface area contributed by atoms with Crippen molar-refractivity contribution in [3.05, 3.63) is 75.7 Å². The highest BCUT2D eigenvalue weighted by molar-refractivity contribution is 6.34. The molecule has 12 heteroatoms. The summed E-state index contributed by atoms with van der Waals surface area (Å²) in [6.45, 7) is 6.26. The molecule has 0 spiro atoms. The van der Waals surface area contributed by atoms with Crippen LogP contribution in [0.15, 0.2) is 42.7 Å². The van der Waals surface area contributed by atoms with E-state index in [0.29, 0.717) is 37.4 Å². The molecule has 1 fully saturated rings. The van der Waals surface area contributed by atoms with Crippen LogP contribution in [0.25, 0.3) is 16.9 Å². The van der Waals surface area contributed by atoms with Crippen LogP contribution in [0, 0.1) is 13.8 Å². The van der Waals surface area contributed by atoms with Gasteiger partial charge in [-0.15, -0.1) is 5.10 Å². The van der Waals surface area contributed by atoms with Gasteiger partial charge in [-0.1, -0.05) is 28.9 Å². The third kappa shape index (κ3) is 5.48. The van der Waals surface area contributed by atoms with E-state index in [1.165, 1.54) is 6.07 Å². The molecule has 210 valence electrons. The minimum Gasteiger partial charge on any atom is -0.368 e. The second kappa shape index (κ2) is 10.7. The summed E-state index contributed by atoms with van der Waals surface area (Å²) in [7, 11) is 3.80. The lowest BCUT2D eigenvalue weighted by molar-refractivity contribution is -0.137. The molecule has 0 atom stereocenters. The van der Waals surface area contributed by atoms with Crippen LogP contribution < -0.4 is 4.90 Å². The van der Waals surface area contributed by atoms with E-state index in [-0.39, 0.29) is 22.7 Å². The summed E-state index contributed by atoms with van der Waals surface area (Å²) in [5.41, 5.74) is 3.93. The van der Waals surface area contributed by atoms with Crippen molar-refractivity contribution >= 4 is 23.1 Å². The summed E-state index contributed by atoms with van der Waals surface area (Å²) in [6, 6.07) is 7.80. The Morgan fingerprint density at radius 3 is 2.40 bits per heavy atom. The predicted octanol–water partition coefficient (Wildman–Crippen LogP) is 5.13. The highest BCUT2D eigenvalue weighted by atomic mass is 35.5. The van der Waals surface area contributed by atoms with Gasteiger partial charge < -0.3 is 9.80 Å². The van der Waals surface area contributed by atoms with Gasteiger partial charge in [0.05, 0.1) is 34.4 Å². The molecular formula is C28H29ClF3N7O. The average molecular weight is 572 g/mol. The Labute approximate surface area is 234 Å². The molecule has 0 saturated carbocycles. The summed E-state index contributed by atoms with van der Waals surface area (Å²) in [5.74, 6) is -0.433. The molecule has 1 saturated heterocycles. The van der Waals surface area contributed by atoms with Crippen molar-refractivity contribution < 1.29 is 18.0 Å². The van der Waals surface area contributed by atoms with Crippen molar-refractivity contribution in [3.63, 3.8) is 0 Å². The van der Waals surface area contributed by atoms with Crippen LogP contribution in [-0.2, 0) is 19.6 Å². The number of alkyl halides is 3. The number of piperazine rings is 1. The average Bonchev–Trinajstić information content (AvgIpc) is 3.51. The summed E-state index contributed by atoms with van der Waals surface area (Å²) >= 11 is 6.26. The molecule has 1 aliphatic rings. The molecular weight excluding hydrogens is 543 g/mol. The highest BCUT2D eigenvalue weighted by Crippen LogP contribution is 2.41. The number of rotatable bonds is 6. The van der Waals surface area contributed by atoms with Gasteiger partial charge in [-0.2, -0.15) is 18.3 Å². The van der Waals surface area contributed by atoms with Crippen molar-refractivity contribution in [2.75, 3.05) is 38.1 Å². The Morgan fingerprint density at radius 2 is 1.75 bits per heavy atom. The second-order valence-corrected chi connectivity index (χ2v) is 10.6. The summed E-state index contributed by atoms with van der Waals surface area (Å²) in [6.07, 6.45) is -1.26. The number of halogens is 4. The van der Waals surface area contributed by atoms with Crippen LogP contribution in [0.2, 0.25) is 5.02 Å². The number of aryl methyl sites for hydroxylation is 2. The van der Waals surface area contributed by atoms with Crippen LogP contribution in [0.1, 0.15) is 32.7 Å². The Hall–Kier alpha value is -3.70. The predicted molar refractivity (Wildman–Crippen MR) is 147 cm³/mol. The maximum atomic E-state index is 13.9. The molecule has 8 nitrogen and oxygen atoms in total. The number of benzene rings is 2. The number of hydrogen-bond acceptors (Lipinski definition) is 6. The molecule has 0 radical (unpaired) electrons. The number of carbonyl (C=O) groups is 1. The van der Waals surface area contributed by atoms with Crippen molar-refractivity contribution in [2.24, 2.45) is 7.05 Å². The Kier molecular flexibility index (Phi) is 7.45. The van der Waals surface area contributed by atoms with E-state index >= 15 is 0 Å². The quantitative estimate of drug-likeness (QED) is 0.299. The highest BCUT2D eigenvalue weighted by Gasteiger charge is 2.36. The first-order valence-corrected chi connectivity index (χ1v) is 13.2. The molecule has 40 heavy (non-hydrogen) atoms. The SMILES string of the molecule is Cc1ccc(CC(=O)c2cc(N3CCN(C)CC3)c(Cl)c(C(F)(F)F)c2)cc1-n1cc(-c2cnn(C)c2C)nn1. The fourth-order valence-corrected chi connectivity index (χ4v) is 5.14. The van der Waals surface area contributed by atoms with Gasteiger partial charge in [0.2, 0.25) is 0 Å². The molecule has 5 rings (SSSR count). The zero-order valence-electron chi connectivity index (χ0n) is 22.6. The van der Waals surface area contributed by atoms with Crippen LogP contribution in [-0.4, -0.2) is 68.7 Å². The number of hydrogen-bond donors (Lipinski definition) is 0. The van der Waals surface area contributed by atoms with Crippen molar-refractivity contribution in [3.8, 4) is 16.9 Å². The molecule has 0 unspecified atom stereocenters. The molecule has 0 aliphatic carbocycles. The van der Waals surface area contributed by atoms with E-state index in [0.717, 1.165) is 28.6 Å². The lowest BCUT2D eigenvalue weighted by atomic mass is 9.98. The summed E-state index contributed by atoms with van der Waals surface area (Å²) in [4.78, 5) is 17.3. The van der Waals surface area contributed by atoms with Gasteiger partial charge in [0.25, 0.3) is 0 Å². The molecule has 3 heterocycles. The minimum atomic E-state index is -4.69. The molecule has 0 N–H and O–H groups in total. The maximum absolute atomic E-state index is 13.9.